The smallest absolute Gasteiger partial charge is 0.257 e. The lowest BCUT2D eigenvalue weighted by atomic mass is 9.90. The Hall–Kier alpha value is -0.940. The summed E-state index contributed by atoms with van der Waals surface area (Å²) >= 11 is 3.36. The Bertz CT molecular complexity index is 478. The van der Waals surface area contributed by atoms with Crippen molar-refractivity contribution >= 4 is 21.8 Å². The van der Waals surface area contributed by atoms with Gasteiger partial charge in [0, 0.05) is 12.7 Å². The molecule has 3 rings (SSSR count). The molecule has 102 valence electrons. The predicted octanol–water partition coefficient (Wildman–Crippen LogP) is 2.63. The molecule has 1 saturated heterocycles. The number of nitrogens with zero attached hydrogens (tertiary/aromatic N) is 2. The summed E-state index contributed by atoms with van der Waals surface area (Å²) in [5.74, 6) is 0.0696. The molecule has 1 aromatic rings. The molecule has 0 aromatic carbocycles. The van der Waals surface area contributed by atoms with Crippen molar-refractivity contribution in [1.82, 2.24) is 9.88 Å². The number of hydrogen-bond donors (Lipinski definition) is 0. The van der Waals surface area contributed by atoms with Gasteiger partial charge in [-0.1, -0.05) is 12.8 Å². The van der Waals surface area contributed by atoms with E-state index in [-0.39, 0.29) is 18.1 Å². The van der Waals surface area contributed by atoms with Crippen molar-refractivity contribution in [2.75, 3.05) is 13.2 Å². The Morgan fingerprint density at radius 1 is 1.42 bits per heavy atom. The lowest BCUT2D eigenvalue weighted by Gasteiger charge is -2.43. The maximum atomic E-state index is 12.7. The van der Waals surface area contributed by atoms with Gasteiger partial charge < -0.3 is 9.64 Å². The number of carbonyl (C=O) groups excluding carboxylic acids is 1. The highest BCUT2D eigenvalue weighted by Crippen LogP contribution is 2.30. The maximum absolute atomic E-state index is 12.7. The lowest BCUT2D eigenvalue weighted by Crippen LogP contribution is -2.54. The van der Waals surface area contributed by atoms with Gasteiger partial charge >= 0.3 is 0 Å². The van der Waals surface area contributed by atoms with E-state index in [0.29, 0.717) is 23.3 Å². The molecule has 1 aromatic heterocycles. The van der Waals surface area contributed by atoms with Gasteiger partial charge in [0.15, 0.2) is 0 Å². The summed E-state index contributed by atoms with van der Waals surface area (Å²) in [7, 11) is 0. The average molecular weight is 325 g/mol. The van der Waals surface area contributed by atoms with E-state index >= 15 is 0 Å². The fourth-order valence-corrected chi connectivity index (χ4v) is 3.47. The molecule has 0 N–H and O–H groups in total. The van der Waals surface area contributed by atoms with Gasteiger partial charge in [-0.25, -0.2) is 4.98 Å². The third kappa shape index (κ3) is 2.54. The lowest BCUT2D eigenvalue weighted by molar-refractivity contribution is -0.0753. The zero-order chi connectivity index (χ0) is 13.2. The van der Waals surface area contributed by atoms with Crippen molar-refractivity contribution in [2.45, 2.75) is 37.8 Å². The van der Waals surface area contributed by atoms with Crippen LogP contribution in [0.4, 0.5) is 0 Å². The Balaban J connectivity index is 1.84. The fraction of sp³-hybridized carbons (Fsp3) is 0.571. The van der Waals surface area contributed by atoms with E-state index in [9.17, 15) is 4.79 Å². The minimum atomic E-state index is 0.0696. The fourth-order valence-electron chi connectivity index (χ4n) is 3.05. The van der Waals surface area contributed by atoms with E-state index in [2.05, 4.69) is 20.9 Å². The molecule has 0 radical (unpaired) electrons. The molecule has 1 aliphatic carbocycles. The summed E-state index contributed by atoms with van der Waals surface area (Å²) in [6, 6.07) is 3.87. The van der Waals surface area contributed by atoms with Crippen LogP contribution in [0.1, 0.15) is 36.0 Å². The summed E-state index contributed by atoms with van der Waals surface area (Å²) in [5.41, 5.74) is 0.647. The maximum Gasteiger partial charge on any atom is 0.257 e. The highest BCUT2D eigenvalue weighted by Gasteiger charge is 2.37. The average Bonchev–Trinajstić information content (AvgIpc) is 2.46. The Morgan fingerprint density at radius 3 is 3.11 bits per heavy atom. The molecule has 2 heterocycles. The largest absolute Gasteiger partial charge is 0.374 e. The Kier molecular flexibility index (Phi) is 3.84. The van der Waals surface area contributed by atoms with Crippen molar-refractivity contribution in [3.05, 3.63) is 28.5 Å². The number of ether oxygens (including phenoxy) is 1. The molecule has 2 fully saturated rings. The van der Waals surface area contributed by atoms with E-state index in [1.54, 1.807) is 12.3 Å². The van der Waals surface area contributed by atoms with Gasteiger partial charge in [-0.05, 0) is 40.9 Å². The van der Waals surface area contributed by atoms with Crippen LogP contribution in [0.5, 0.6) is 0 Å². The predicted molar refractivity (Wildman–Crippen MR) is 75.0 cm³/mol. The Labute approximate surface area is 121 Å². The van der Waals surface area contributed by atoms with Crippen LogP contribution in [0.15, 0.2) is 22.9 Å². The molecule has 19 heavy (non-hydrogen) atoms. The van der Waals surface area contributed by atoms with Crippen LogP contribution in [0.25, 0.3) is 0 Å². The quantitative estimate of drug-likeness (QED) is 0.746. The highest BCUT2D eigenvalue weighted by molar-refractivity contribution is 9.10. The third-order valence-electron chi connectivity index (χ3n) is 3.98. The second kappa shape index (κ2) is 5.59. The van der Waals surface area contributed by atoms with Gasteiger partial charge in [0.1, 0.15) is 4.60 Å². The minimum Gasteiger partial charge on any atom is -0.374 e. The van der Waals surface area contributed by atoms with Crippen LogP contribution < -0.4 is 0 Å². The monoisotopic (exact) mass is 324 g/mol. The van der Waals surface area contributed by atoms with Crippen molar-refractivity contribution in [1.29, 1.82) is 0 Å². The third-order valence-corrected chi connectivity index (χ3v) is 4.61. The zero-order valence-electron chi connectivity index (χ0n) is 10.7. The van der Waals surface area contributed by atoms with Crippen molar-refractivity contribution in [3.8, 4) is 0 Å². The Morgan fingerprint density at radius 2 is 2.26 bits per heavy atom. The first-order valence-electron chi connectivity index (χ1n) is 6.80. The molecule has 2 aliphatic rings. The summed E-state index contributed by atoms with van der Waals surface area (Å²) in [4.78, 5) is 18.8. The van der Waals surface area contributed by atoms with Crippen molar-refractivity contribution in [3.63, 3.8) is 0 Å². The normalized spacial score (nSPS) is 26.9. The summed E-state index contributed by atoms with van der Waals surface area (Å²) in [6.07, 6.45) is 6.42. The SMILES string of the molecule is O=C(c1cccnc1Br)N1CCOC2CCCCC21. The molecule has 4 nitrogen and oxygen atoms in total. The standard InChI is InChI=1S/C14H17BrN2O2/c15-13-10(4-3-7-16-13)14(18)17-8-9-19-12-6-2-1-5-11(12)17/h3-4,7,11-12H,1-2,5-6,8-9H2. The first-order chi connectivity index (χ1) is 9.27. The molecule has 2 atom stereocenters. The van der Waals surface area contributed by atoms with Crippen LogP contribution >= 0.6 is 15.9 Å². The number of amides is 1. The second-order valence-corrected chi connectivity index (χ2v) is 5.85. The van der Waals surface area contributed by atoms with Gasteiger partial charge in [-0.15, -0.1) is 0 Å². The summed E-state index contributed by atoms with van der Waals surface area (Å²) < 4.78 is 6.43. The molecule has 1 saturated carbocycles. The van der Waals surface area contributed by atoms with E-state index in [1.165, 1.54) is 12.8 Å². The van der Waals surface area contributed by atoms with Gasteiger partial charge in [-0.2, -0.15) is 0 Å². The van der Waals surface area contributed by atoms with E-state index in [4.69, 9.17) is 4.74 Å². The van der Waals surface area contributed by atoms with Gasteiger partial charge in [0.2, 0.25) is 0 Å². The number of morpholine rings is 1. The molecule has 1 aliphatic heterocycles. The number of carbonyl (C=O) groups is 1. The molecule has 0 spiro atoms. The topological polar surface area (TPSA) is 42.4 Å². The molecule has 5 heteroatoms. The first-order valence-corrected chi connectivity index (χ1v) is 7.60. The number of fused-ring (bicyclic) bond motifs is 1. The zero-order valence-corrected chi connectivity index (χ0v) is 12.3. The number of aromatic nitrogens is 1. The first kappa shape index (κ1) is 13.1. The molecule has 0 bridgehead atoms. The van der Waals surface area contributed by atoms with Crippen LogP contribution in [-0.2, 0) is 4.74 Å². The molecule has 1 amide bonds. The van der Waals surface area contributed by atoms with Gasteiger partial charge in [-0.3, -0.25) is 4.79 Å². The van der Waals surface area contributed by atoms with Gasteiger partial charge in [0.25, 0.3) is 5.91 Å². The molecular formula is C14H17BrN2O2. The molecular weight excluding hydrogens is 308 g/mol. The number of hydrogen-bond acceptors (Lipinski definition) is 3. The number of rotatable bonds is 1. The van der Waals surface area contributed by atoms with E-state index in [1.807, 2.05) is 11.0 Å². The van der Waals surface area contributed by atoms with Crippen molar-refractivity contribution in [2.24, 2.45) is 0 Å². The summed E-state index contributed by atoms with van der Waals surface area (Å²) in [5, 5.41) is 0. The number of pyridine rings is 1. The summed E-state index contributed by atoms with van der Waals surface area (Å²) in [6.45, 7) is 1.33. The second-order valence-electron chi connectivity index (χ2n) is 5.10. The van der Waals surface area contributed by atoms with Crippen LogP contribution in [-0.4, -0.2) is 41.1 Å². The van der Waals surface area contributed by atoms with E-state index < -0.39 is 0 Å². The van der Waals surface area contributed by atoms with Crippen LogP contribution in [0.2, 0.25) is 0 Å². The van der Waals surface area contributed by atoms with Gasteiger partial charge in [0.05, 0.1) is 24.3 Å². The van der Waals surface area contributed by atoms with Crippen LogP contribution in [0, 0.1) is 0 Å². The molecule has 2 unspecified atom stereocenters. The van der Waals surface area contributed by atoms with Crippen molar-refractivity contribution < 1.29 is 9.53 Å². The minimum absolute atomic E-state index is 0.0696. The number of halogens is 1. The highest BCUT2D eigenvalue weighted by atomic mass is 79.9. The van der Waals surface area contributed by atoms with E-state index in [0.717, 1.165) is 12.8 Å². The van der Waals surface area contributed by atoms with Crippen LogP contribution in [0.3, 0.4) is 0 Å².